The average molecular weight is 1330 g/mol. The van der Waals surface area contributed by atoms with Crippen LogP contribution in [0.5, 0.6) is 5.75 Å². The number of carbonyl (C=O) groups is 9. The molecule has 25 nitrogen and oxygen atoms in total. The first-order chi connectivity index (χ1) is 46.2. The lowest BCUT2D eigenvalue weighted by molar-refractivity contribution is -0.147. The number of carboxylic acid groups (broad SMARTS) is 2. The molecule has 2 saturated heterocycles. The topological polar surface area (TPSA) is 331 Å². The molecule has 25 heteroatoms. The van der Waals surface area contributed by atoms with Crippen molar-refractivity contribution in [1.82, 2.24) is 56.7 Å². The van der Waals surface area contributed by atoms with Gasteiger partial charge in [0.05, 0.1) is 37.7 Å². The number of fused-ring (bicyclic) bond motifs is 22. The fraction of sp³-hybridized carbons (Fsp3) is 0.458. The van der Waals surface area contributed by atoms with Crippen LogP contribution in [-0.2, 0) is 78.5 Å². The lowest BCUT2D eigenvalue weighted by Gasteiger charge is -2.37. The van der Waals surface area contributed by atoms with Crippen LogP contribution in [-0.4, -0.2) is 183 Å². The number of hydrogen-bond donors (Lipinski definition) is 8. The van der Waals surface area contributed by atoms with E-state index in [1.165, 1.54) is 16.0 Å². The first-order valence-corrected chi connectivity index (χ1v) is 32.9. The second-order valence-electron chi connectivity index (χ2n) is 27.4. The quantitative estimate of drug-likeness (QED) is 0.0793. The molecule has 0 unspecified atom stereocenters. The molecule has 0 aliphatic carbocycles. The molecule has 5 heterocycles. The van der Waals surface area contributed by atoms with Crippen molar-refractivity contribution in [2.24, 2.45) is 10.8 Å². The molecule has 7 amide bonds. The first kappa shape index (κ1) is 71.7. The first-order valence-electron chi connectivity index (χ1n) is 32.9. The second-order valence-corrected chi connectivity index (χ2v) is 27.4. The highest BCUT2D eigenvalue weighted by Crippen LogP contribution is 2.31. The Balaban J connectivity index is 1.04. The predicted molar refractivity (Wildman–Crippen MR) is 360 cm³/mol. The van der Waals surface area contributed by atoms with Gasteiger partial charge in [-0.15, -0.1) is 5.10 Å². The zero-order valence-corrected chi connectivity index (χ0v) is 56.1. The number of likely N-dealkylation sites (N-methyl/N-ethyl adjacent to an activating group) is 1. The van der Waals surface area contributed by atoms with E-state index < -0.39 is 119 Å². The van der Waals surface area contributed by atoms with Gasteiger partial charge in [-0.25, -0.2) is 14.3 Å². The zero-order valence-electron chi connectivity index (χ0n) is 56.1. The Morgan fingerprint density at radius 3 is 1.80 bits per heavy atom. The molecule has 4 aliphatic rings. The Labute approximate surface area is 563 Å². The monoisotopic (exact) mass is 1330 g/mol. The molecule has 8 N–H and O–H groups in total. The smallest absolute Gasteiger partial charge is 0.328 e. The molecule has 10 rings (SSSR count). The van der Waals surface area contributed by atoms with Crippen molar-refractivity contribution in [3.05, 3.63) is 150 Å². The van der Waals surface area contributed by atoms with Crippen LogP contribution in [0.15, 0.2) is 128 Å². The van der Waals surface area contributed by atoms with Crippen molar-refractivity contribution in [3.63, 3.8) is 0 Å². The van der Waals surface area contributed by atoms with Gasteiger partial charge < -0.3 is 66.1 Å². The number of hydrogen-bond acceptors (Lipinski definition) is 15. The summed E-state index contributed by atoms with van der Waals surface area (Å²) in [6.45, 7) is 12.4. The number of benzene rings is 5. The number of rotatable bonds is 11. The number of likely N-dealkylation sites (tertiary alicyclic amines) is 2. The summed E-state index contributed by atoms with van der Waals surface area (Å²) in [4.78, 5) is 131. The third kappa shape index (κ3) is 18.9. The normalized spacial score (nSPS) is 23.3. The number of nitrogens with zero attached hydrogens (tertiary/aromatic N) is 5. The molecule has 516 valence electrons. The Morgan fingerprint density at radius 2 is 1.23 bits per heavy atom. The number of ether oxygens (including phenoxy) is 3. The summed E-state index contributed by atoms with van der Waals surface area (Å²) < 4.78 is 19.9. The van der Waals surface area contributed by atoms with Gasteiger partial charge in [0.2, 0.25) is 41.4 Å². The van der Waals surface area contributed by atoms with Crippen LogP contribution in [0.3, 0.4) is 0 Å². The minimum absolute atomic E-state index is 0.0278. The van der Waals surface area contributed by atoms with E-state index in [-0.39, 0.29) is 89.6 Å². The molecule has 0 spiro atoms. The maximum atomic E-state index is 15.3. The summed E-state index contributed by atoms with van der Waals surface area (Å²) in [5.41, 5.74) is 0.690. The highest BCUT2D eigenvalue weighted by atomic mass is 16.5. The predicted octanol–water partition coefficient (Wildman–Crippen LogP) is 4.98. The minimum Gasteiger partial charge on any atom is -0.490 e. The molecule has 1 aromatic heterocycles. The summed E-state index contributed by atoms with van der Waals surface area (Å²) in [6, 6.07) is 23.2. The summed E-state index contributed by atoms with van der Waals surface area (Å²) in [5, 5.41) is 50.4. The van der Waals surface area contributed by atoms with E-state index in [9.17, 15) is 43.8 Å². The fourth-order valence-corrected chi connectivity index (χ4v) is 12.4. The standard InChI is InChI=1S/C72H89N11O14/c1-43(73-8)63(85)78-62(72(5,6)7)68(90)82-32-29-58-61(82)67(89)76-54(39-46-20-24-48-16-10-12-18-50(48)36-46)65(87)77-55(69(91)92)37-44-21-25-52(26-22-44)95-33-13-14-34-96-57-28-31-81(59(84)40-71(2,3)4)60(57)66(88)75-53(38-45-19-23-47-15-9-11-17-49(47)35-45)64(86)74-30-27-56(70(93)94)83-41-51(42-97-58)79-80-83/h9-26,35-36,41,43,53-58,60-62,73H,27-34,37-40,42H2,1-8H3,(H,74,86)(H,75,88)(H,76,89)(H,77,87)(H,78,85)(H,91,92)(H,93,94)/b14-13+/t43-,53-,54-,55-,56-,57+,58+,60-,61-,62+/m0/s1. The van der Waals surface area contributed by atoms with Crippen LogP contribution >= 0.6 is 0 Å². The van der Waals surface area contributed by atoms with E-state index in [4.69, 9.17) is 14.2 Å². The molecule has 2 fully saturated rings. The Kier molecular flexibility index (Phi) is 23.6. The van der Waals surface area contributed by atoms with E-state index in [1.807, 2.05) is 99.6 Å². The summed E-state index contributed by atoms with van der Waals surface area (Å²) in [5.74, 6) is -6.45. The maximum absolute atomic E-state index is 15.3. The largest absolute Gasteiger partial charge is 0.490 e. The number of carbonyl (C=O) groups excluding carboxylic acids is 7. The van der Waals surface area contributed by atoms with Gasteiger partial charge >= 0.3 is 11.9 Å². The summed E-state index contributed by atoms with van der Waals surface area (Å²) >= 11 is 0. The fourth-order valence-electron chi connectivity index (χ4n) is 12.4. The Morgan fingerprint density at radius 1 is 0.660 bits per heavy atom. The Hall–Kier alpha value is -9.59. The van der Waals surface area contributed by atoms with Gasteiger partial charge in [0.15, 0.2) is 6.04 Å². The van der Waals surface area contributed by atoms with Gasteiger partial charge in [-0.05, 0) is 101 Å². The van der Waals surface area contributed by atoms with Crippen LogP contribution in [0.25, 0.3) is 21.5 Å². The van der Waals surface area contributed by atoms with Gasteiger partial charge in [-0.1, -0.05) is 150 Å². The van der Waals surface area contributed by atoms with Crippen molar-refractivity contribution in [1.29, 1.82) is 0 Å². The zero-order chi connectivity index (χ0) is 69.7. The van der Waals surface area contributed by atoms with Crippen molar-refractivity contribution in [3.8, 4) is 5.75 Å². The molecule has 0 saturated carbocycles. The van der Waals surface area contributed by atoms with Gasteiger partial charge in [-0.2, -0.15) is 0 Å². The van der Waals surface area contributed by atoms with Gasteiger partial charge in [0.1, 0.15) is 54.3 Å². The molecule has 4 aliphatic heterocycles. The summed E-state index contributed by atoms with van der Waals surface area (Å²) in [7, 11) is 1.60. The average Bonchev–Trinajstić information content (AvgIpc) is 1.70. The van der Waals surface area contributed by atoms with Crippen LogP contribution in [0, 0.1) is 10.8 Å². The highest BCUT2D eigenvalue weighted by Gasteiger charge is 2.49. The van der Waals surface area contributed by atoms with E-state index in [1.54, 1.807) is 77.2 Å². The van der Waals surface area contributed by atoms with Crippen molar-refractivity contribution >= 4 is 74.8 Å². The molecule has 5 aromatic carbocycles. The number of carboxylic acids is 2. The molecule has 4 bridgehead atoms. The summed E-state index contributed by atoms with van der Waals surface area (Å²) in [6.07, 6.45) is 2.99. The maximum Gasteiger partial charge on any atom is 0.328 e. The Bertz CT molecular complexity index is 3860. The molecule has 0 radical (unpaired) electrons. The number of nitrogens with one attached hydrogen (secondary N) is 6. The lowest BCUT2D eigenvalue weighted by Crippen LogP contribution is -2.62. The number of aliphatic carboxylic acids is 2. The third-order valence-corrected chi connectivity index (χ3v) is 17.7. The van der Waals surface area contributed by atoms with E-state index in [0.717, 1.165) is 31.8 Å². The number of amides is 7. The van der Waals surface area contributed by atoms with Crippen LogP contribution in [0.1, 0.15) is 103 Å². The minimum atomic E-state index is -1.49. The number of aromatic nitrogens is 3. The third-order valence-electron chi connectivity index (χ3n) is 17.7. The molecular formula is C72H89N11O14. The second kappa shape index (κ2) is 32.0. The van der Waals surface area contributed by atoms with Crippen molar-refractivity contribution in [2.45, 2.75) is 161 Å². The molecule has 6 aromatic rings. The van der Waals surface area contributed by atoms with Crippen LogP contribution < -0.4 is 36.6 Å². The van der Waals surface area contributed by atoms with Gasteiger partial charge in [0, 0.05) is 45.3 Å². The van der Waals surface area contributed by atoms with E-state index in [2.05, 4.69) is 42.2 Å². The van der Waals surface area contributed by atoms with Gasteiger partial charge in [-0.3, -0.25) is 33.6 Å². The van der Waals surface area contributed by atoms with Crippen molar-refractivity contribution in [2.75, 3.05) is 39.9 Å². The SMILES string of the molecule is CN[C@@H](C)C(=O)N[C@H](C(=O)N1CC[C@H]2OCc3cn(nn3)[C@H](C(=O)O)CCNC(=O)[C@H](Cc3ccc4ccccc4c3)NC(=O)[C@@H]3[C@@H](CCN3C(=O)CC(C)(C)C)OC/C=C/COc3ccc(cc3)C[C@@H](C(=O)O)NC(=O)[C@H](Cc3ccc4ccccc4c3)NC(=O)[C@H]21)C(C)(C)C. The van der Waals surface area contributed by atoms with Gasteiger partial charge in [0.25, 0.3) is 0 Å². The van der Waals surface area contributed by atoms with E-state index in [0.29, 0.717) is 23.3 Å². The lowest BCUT2D eigenvalue weighted by atomic mass is 9.85. The van der Waals surface area contributed by atoms with Crippen LogP contribution in [0.4, 0.5) is 0 Å². The van der Waals surface area contributed by atoms with E-state index >= 15 is 9.59 Å². The van der Waals surface area contributed by atoms with Crippen molar-refractivity contribution < 1.29 is 67.6 Å². The van der Waals surface area contributed by atoms with Crippen LogP contribution in [0.2, 0.25) is 0 Å². The molecule has 10 atom stereocenters. The molecular weight excluding hydrogens is 1240 g/mol. The molecule has 97 heavy (non-hydrogen) atoms. The highest BCUT2D eigenvalue weighted by molar-refractivity contribution is 5.97.